The molecule has 0 amide bonds. The molecule has 0 aromatic carbocycles. The Labute approximate surface area is 216 Å². The molecule has 2 aliphatic carbocycles. The van der Waals surface area contributed by atoms with Gasteiger partial charge in [0.25, 0.3) is 0 Å². The van der Waals surface area contributed by atoms with Crippen LogP contribution < -0.4 is 0 Å². The molecule has 1 saturated carbocycles. The van der Waals surface area contributed by atoms with Crippen LogP contribution in [0.3, 0.4) is 0 Å². The number of hydrogen-bond acceptors (Lipinski definition) is 8. The van der Waals surface area contributed by atoms with Crippen molar-refractivity contribution in [2.24, 2.45) is 29.6 Å². The molecule has 3 heterocycles. The monoisotopic (exact) mass is 515 g/mol. The van der Waals surface area contributed by atoms with E-state index in [0.29, 0.717) is 5.69 Å². The van der Waals surface area contributed by atoms with Crippen molar-refractivity contribution in [3.63, 3.8) is 0 Å². The van der Waals surface area contributed by atoms with Crippen LogP contribution in [0, 0.1) is 29.6 Å². The molecule has 1 aromatic heterocycles. The largest absolute Gasteiger partial charge is 0.457 e. The van der Waals surface area contributed by atoms with Gasteiger partial charge < -0.3 is 34.1 Å². The summed E-state index contributed by atoms with van der Waals surface area (Å²) in [4.78, 5) is 28.8. The summed E-state index contributed by atoms with van der Waals surface area (Å²) < 4.78 is 24.2. The number of aromatic amines is 1. The Bertz CT molecular complexity index is 1080. The molecule has 37 heavy (non-hydrogen) atoms. The normalized spacial score (nSPS) is 45.3. The van der Waals surface area contributed by atoms with E-state index >= 15 is 0 Å². The minimum absolute atomic E-state index is 0.175. The highest BCUT2D eigenvalue weighted by Crippen LogP contribution is 2.61. The van der Waals surface area contributed by atoms with Crippen LogP contribution in [0.5, 0.6) is 0 Å². The van der Waals surface area contributed by atoms with Gasteiger partial charge in [0.2, 0.25) is 0 Å². The van der Waals surface area contributed by atoms with Crippen LogP contribution in [0.4, 0.5) is 0 Å². The van der Waals surface area contributed by atoms with Crippen LogP contribution in [0.1, 0.15) is 44.6 Å². The van der Waals surface area contributed by atoms with Gasteiger partial charge in [0.05, 0.1) is 12.2 Å². The average molecular weight is 516 g/mol. The van der Waals surface area contributed by atoms with Crippen LogP contribution in [0.2, 0.25) is 0 Å². The highest BCUT2D eigenvalue weighted by molar-refractivity contribution is 5.87. The van der Waals surface area contributed by atoms with Crippen molar-refractivity contribution in [2.45, 2.75) is 76.3 Å². The standard InChI is InChI=1S/C28H37NO8/c1-13-11-14(2)28-17(12-20(34-5)27(33)35-23(13)16(4)30)8-9-18-21(28)22(31)15(3)24(25(18)37-28)36-26(32)19-7-6-10-29-19/h6-11,13,15-18,20-25,29-31H,12H2,1-5H3/b14-11-. The molecule has 9 nitrogen and oxygen atoms in total. The second kappa shape index (κ2) is 9.69. The number of hydrogen-bond donors (Lipinski definition) is 3. The maximum atomic E-state index is 13.1. The van der Waals surface area contributed by atoms with Crippen molar-refractivity contribution in [2.75, 3.05) is 7.11 Å². The number of carbonyl (C=O) groups excluding carboxylic acids is 2. The molecule has 202 valence electrons. The summed E-state index contributed by atoms with van der Waals surface area (Å²) >= 11 is 0. The van der Waals surface area contributed by atoms with E-state index in [4.69, 9.17) is 18.9 Å². The van der Waals surface area contributed by atoms with Crippen molar-refractivity contribution in [3.8, 4) is 0 Å². The third kappa shape index (κ3) is 4.07. The van der Waals surface area contributed by atoms with E-state index in [2.05, 4.69) is 4.98 Å². The van der Waals surface area contributed by atoms with Gasteiger partial charge in [-0.3, -0.25) is 0 Å². The molecule has 3 N–H and O–H groups in total. The number of H-pyrrole nitrogens is 1. The summed E-state index contributed by atoms with van der Waals surface area (Å²) in [6.07, 6.45) is 3.53. The number of aliphatic hydroxyl groups excluding tert-OH is 2. The fourth-order valence-electron chi connectivity index (χ4n) is 7.14. The van der Waals surface area contributed by atoms with E-state index in [1.165, 1.54) is 7.11 Å². The average Bonchev–Trinajstić information content (AvgIpc) is 3.46. The molecular formula is C28H37NO8. The Morgan fingerprint density at radius 3 is 2.70 bits per heavy atom. The lowest BCUT2D eigenvalue weighted by Gasteiger charge is -2.48. The van der Waals surface area contributed by atoms with Crippen molar-refractivity contribution in [3.05, 3.63) is 47.8 Å². The van der Waals surface area contributed by atoms with Crippen LogP contribution in [-0.4, -0.2) is 76.5 Å². The molecule has 2 fully saturated rings. The van der Waals surface area contributed by atoms with Crippen molar-refractivity contribution >= 4 is 11.9 Å². The van der Waals surface area contributed by atoms with Gasteiger partial charge in [-0.1, -0.05) is 32.1 Å². The van der Waals surface area contributed by atoms with Gasteiger partial charge in [0.15, 0.2) is 6.10 Å². The molecule has 4 bridgehead atoms. The predicted octanol–water partition coefficient (Wildman–Crippen LogP) is 2.40. The second-order valence-corrected chi connectivity index (χ2v) is 11.1. The molecule has 5 rings (SSSR count). The lowest BCUT2D eigenvalue weighted by Crippen LogP contribution is -2.57. The quantitative estimate of drug-likeness (QED) is 0.412. The number of methoxy groups -OCH3 is 1. The smallest absolute Gasteiger partial charge is 0.355 e. The van der Waals surface area contributed by atoms with E-state index in [1.807, 2.05) is 39.0 Å². The topological polar surface area (TPSA) is 127 Å². The highest BCUT2D eigenvalue weighted by atomic mass is 16.6. The van der Waals surface area contributed by atoms with Crippen LogP contribution >= 0.6 is 0 Å². The number of carbonyl (C=O) groups is 2. The van der Waals surface area contributed by atoms with Gasteiger partial charge in [-0.2, -0.15) is 0 Å². The van der Waals surface area contributed by atoms with Crippen molar-refractivity contribution in [1.82, 2.24) is 4.98 Å². The highest BCUT2D eigenvalue weighted by Gasteiger charge is 2.69. The van der Waals surface area contributed by atoms with E-state index in [-0.39, 0.29) is 36.0 Å². The van der Waals surface area contributed by atoms with Gasteiger partial charge in [-0.25, -0.2) is 9.59 Å². The lowest BCUT2D eigenvalue weighted by atomic mass is 9.57. The summed E-state index contributed by atoms with van der Waals surface area (Å²) in [5.74, 6) is -2.49. The summed E-state index contributed by atoms with van der Waals surface area (Å²) in [7, 11) is 1.46. The van der Waals surface area contributed by atoms with Crippen molar-refractivity contribution in [1.29, 1.82) is 0 Å². The zero-order valence-corrected chi connectivity index (χ0v) is 21.9. The molecule has 4 aliphatic rings. The summed E-state index contributed by atoms with van der Waals surface area (Å²) in [5.41, 5.74) is 0.301. The Balaban J connectivity index is 1.58. The number of rotatable bonds is 4. The molecule has 0 radical (unpaired) electrons. The van der Waals surface area contributed by atoms with Crippen LogP contribution in [0.15, 0.2) is 42.1 Å². The fraction of sp³-hybridized carbons (Fsp3) is 0.643. The molecular weight excluding hydrogens is 478 g/mol. The number of nitrogens with one attached hydrogen (secondary N) is 1. The van der Waals surface area contributed by atoms with Gasteiger partial charge in [0, 0.05) is 42.9 Å². The minimum Gasteiger partial charge on any atom is -0.457 e. The van der Waals surface area contributed by atoms with E-state index in [9.17, 15) is 19.8 Å². The Morgan fingerprint density at radius 1 is 1.30 bits per heavy atom. The molecule has 1 saturated heterocycles. The first-order valence-corrected chi connectivity index (χ1v) is 13.1. The first-order valence-electron chi connectivity index (χ1n) is 13.1. The summed E-state index contributed by atoms with van der Waals surface area (Å²) in [5, 5.41) is 22.1. The third-order valence-electron chi connectivity index (χ3n) is 8.94. The zero-order valence-electron chi connectivity index (χ0n) is 21.9. The van der Waals surface area contributed by atoms with Crippen LogP contribution in [0.25, 0.3) is 0 Å². The fourth-order valence-corrected chi connectivity index (χ4v) is 7.14. The van der Waals surface area contributed by atoms with Crippen molar-refractivity contribution < 1.29 is 38.7 Å². The first kappa shape index (κ1) is 26.2. The molecule has 12 atom stereocenters. The third-order valence-corrected chi connectivity index (χ3v) is 8.94. The van der Waals surface area contributed by atoms with Gasteiger partial charge in [-0.05, 0) is 38.0 Å². The zero-order chi connectivity index (χ0) is 26.6. The number of aromatic nitrogens is 1. The van der Waals surface area contributed by atoms with Gasteiger partial charge >= 0.3 is 11.9 Å². The van der Waals surface area contributed by atoms with E-state index in [1.54, 1.807) is 25.3 Å². The van der Waals surface area contributed by atoms with E-state index in [0.717, 1.165) is 5.57 Å². The molecule has 12 unspecified atom stereocenters. The maximum Gasteiger partial charge on any atom is 0.355 e. The number of ether oxygens (including phenoxy) is 4. The maximum absolute atomic E-state index is 13.1. The summed E-state index contributed by atoms with van der Waals surface area (Å²) in [6.45, 7) is 7.35. The Kier molecular flexibility index (Phi) is 6.85. The second-order valence-electron chi connectivity index (χ2n) is 11.1. The number of esters is 2. The molecule has 1 spiro atoms. The SMILES string of the molecule is COC1CC2C=CC3C4OC2(/C(C)=C\C(C)C(C(C)O)OC1=O)C3C(O)C(C)C4OC(=O)c1ccc[nH]1. The summed E-state index contributed by atoms with van der Waals surface area (Å²) in [6, 6.07) is 3.37. The Hall–Kier alpha value is -2.46. The van der Waals surface area contributed by atoms with Gasteiger partial charge in [-0.15, -0.1) is 0 Å². The first-order chi connectivity index (χ1) is 17.6. The molecule has 9 heteroatoms. The predicted molar refractivity (Wildman–Crippen MR) is 132 cm³/mol. The molecule has 1 aromatic rings. The van der Waals surface area contributed by atoms with E-state index < -0.39 is 54.2 Å². The number of aliphatic hydroxyl groups is 2. The lowest BCUT2D eigenvalue weighted by molar-refractivity contribution is -0.172. The Morgan fingerprint density at radius 2 is 2.05 bits per heavy atom. The molecule has 2 aliphatic heterocycles. The minimum atomic E-state index is -0.933. The van der Waals surface area contributed by atoms with Crippen LogP contribution in [-0.2, 0) is 23.7 Å². The number of cyclic esters (lactones) is 1. The van der Waals surface area contributed by atoms with Gasteiger partial charge in [0.1, 0.15) is 29.6 Å².